The molecule has 2 nitrogen and oxygen atoms in total. The van der Waals surface area contributed by atoms with Gasteiger partial charge in [0, 0.05) is 24.7 Å². The van der Waals surface area contributed by atoms with Crippen LogP contribution in [0.2, 0.25) is 0 Å². The van der Waals surface area contributed by atoms with E-state index in [-0.39, 0.29) is 0 Å². The van der Waals surface area contributed by atoms with E-state index in [1.165, 1.54) is 45.1 Å². The van der Waals surface area contributed by atoms with Crippen molar-refractivity contribution in [3.05, 3.63) is 0 Å². The van der Waals surface area contributed by atoms with Gasteiger partial charge < -0.3 is 10.2 Å². The molecule has 94 valence electrons. The zero-order valence-electron chi connectivity index (χ0n) is 11.2. The number of rotatable bonds is 3. The minimum Gasteiger partial charge on any atom is -0.310 e. The van der Waals surface area contributed by atoms with Gasteiger partial charge in [-0.05, 0) is 52.0 Å². The van der Waals surface area contributed by atoms with Gasteiger partial charge in [-0.3, -0.25) is 0 Å². The van der Waals surface area contributed by atoms with Crippen molar-refractivity contribution in [1.29, 1.82) is 0 Å². The second-order valence-corrected chi connectivity index (χ2v) is 6.01. The van der Waals surface area contributed by atoms with Crippen molar-refractivity contribution in [2.24, 2.45) is 5.92 Å². The molecule has 0 aromatic carbocycles. The molecule has 1 saturated heterocycles. The van der Waals surface area contributed by atoms with Crippen molar-refractivity contribution in [1.82, 2.24) is 10.2 Å². The Balaban J connectivity index is 1.71. The molecule has 2 heteroatoms. The molecule has 0 radical (unpaired) electrons. The highest BCUT2D eigenvalue weighted by molar-refractivity contribution is 4.88. The number of nitrogens with one attached hydrogen (secondary N) is 1. The topological polar surface area (TPSA) is 15.3 Å². The fraction of sp³-hybridized carbons (Fsp3) is 1.00. The van der Waals surface area contributed by atoms with E-state index in [4.69, 9.17) is 0 Å². The first-order chi connectivity index (χ1) is 7.69. The summed E-state index contributed by atoms with van der Waals surface area (Å²) in [5.74, 6) is 1.02. The molecule has 1 saturated carbocycles. The van der Waals surface area contributed by atoms with Gasteiger partial charge >= 0.3 is 0 Å². The quantitative estimate of drug-likeness (QED) is 0.793. The monoisotopic (exact) mass is 224 g/mol. The Labute approximate surface area is 101 Å². The van der Waals surface area contributed by atoms with Crippen molar-refractivity contribution in [3.63, 3.8) is 0 Å². The predicted molar refractivity (Wildman–Crippen MR) is 69.7 cm³/mol. The molecule has 0 spiro atoms. The summed E-state index contributed by atoms with van der Waals surface area (Å²) in [6.45, 7) is 5.93. The molecule has 1 heterocycles. The fourth-order valence-electron chi connectivity index (χ4n) is 3.39. The van der Waals surface area contributed by atoms with Crippen molar-refractivity contribution in [2.45, 2.75) is 70.5 Å². The second kappa shape index (κ2) is 5.50. The smallest absolute Gasteiger partial charge is 0.0212 e. The molecule has 2 atom stereocenters. The van der Waals surface area contributed by atoms with E-state index in [0.717, 1.165) is 24.0 Å². The molecular formula is C14H28N2. The van der Waals surface area contributed by atoms with Crippen LogP contribution in [0.3, 0.4) is 0 Å². The maximum Gasteiger partial charge on any atom is 0.0212 e. The van der Waals surface area contributed by atoms with Crippen LogP contribution in [0.1, 0.15) is 52.4 Å². The number of likely N-dealkylation sites (N-methyl/N-ethyl adjacent to an activating group) is 1. The standard InChI is InChI=1S/C14H28N2/c1-4-12-5-7-13(8-6-12)15-14-9-11(2)16(3)10-14/h11-15H,4-10H2,1-3H3. The Hall–Kier alpha value is -0.0800. The molecule has 2 rings (SSSR count). The summed E-state index contributed by atoms with van der Waals surface area (Å²) in [4.78, 5) is 2.48. The Morgan fingerprint density at radius 3 is 2.31 bits per heavy atom. The summed E-state index contributed by atoms with van der Waals surface area (Å²) < 4.78 is 0. The van der Waals surface area contributed by atoms with Crippen LogP contribution in [0.25, 0.3) is 0 Å². The Bertz CT molecular complexity index is 199. The Morgan fingerprint density at radius 2 is 1.81 bits per heavy atom. The van der Waals surface area contributed by atoms with E-state index < -0.39 is 0 Å². The van der Waals surface area contributed by atoms with Crippen molar-refractivity contribution >= 4 is 0 Å². The van der Waals surface area contributed by atoms with Gasteiger partial charge in [-0.2, -0.15) is 0 Å². The third-order valence-corrected chi connectivity index (χ3v) is 4.78. The van der Waals surface area contributed by atoms with Gasteiger partial charge in [-0.15, -0.1) is 0 Å². The van der Waals surface area contributed by atoms with Gasteiger partial charge in [-0.25, -0.2) is 0 Å². The van der Waals surface area contributed by atoms with Gasteiger partial charge in [-0.1, -0.05) is 13.3 Å². The second-order valence-electron chi connectivity index (χ2n) is 6.01. The lowest BCUT2D eigenvalue weighted by Crippen LogP contribution is -2.41. The summed E-state index contributed by atoms with van der Waals surface area (Å²) in [5, 5.41) is 3.88. The molecular weight excluding hydrogens is 196 g/mol. The molecule has 0 bridgehead atoms. The normalized spacial score (nSPS) is 41.4. The third kappa shape index (κ3) is 2.98. The third-order valence-electron chi connectivity index (χ3n) is 4.78. The van der Waals surface area contributed by atoms with Crippen LogP contribution in [0.15, 0.2) is 0 Å². The van der Waals surface area contributed by atoms with Crippen LogP contribution in [-0.2, 0) is 0 Å². The lowest BCUT2D eigenvalue weighted by atomic mass is 9.84. The SMILES string of the molecule is CCC1CCC(NC2CC(C)N(C)C2)CC1. The highest BCUT2D eigenvalue weighted by Crippen LogP contribution is 2.27. The molecule has 2 aliphatic rings. The number of hydrogen-bond donors (Lipinski definition) is 1. The van der Waals surface area contributed by atoms with Gasteiger partial charge in [0.25, 0.3) is 0 Å². The average molecular weight is 224 g/mol. The lowest BCUT2D eigenvalue weighted by Gasteiger charge is -2.30. The molecule has 16 heavy (non-hydrogen) atoms. The Kier molecular flexibility index (Phi) is 4.26. The summed E-state index contributed by atoms with van der Waals surface area (Å²) in [5.41, 5.74) is 0. The molecule has 1 aliphatic carbocycles. The maximum atomic E-state index is 3.88. The maximum absolute atomic E-state index is 3.88. The molecule has 0 aromatic heterocycles. The van der Waals surface area contributed by atoms with Gasteiger partial charge in [0.15, 0.2) is 0 Å². The number of likely N-dealkylation sites (tertiary alicyclic amines) is 1. The minimum absolute atomic E-state index is 0.753. The van der Waals surface area contributed by atoms with Gasteiger partial charge in [0.1, 0.15) is 0 Å². The zero-order chi connectivity index (χ0) is 11.5. The van der Waals surface area contributed by atoms with Crippen LogP contribution < -0.4 is 5.32 Å². The molecule has 0 amide bonds. The fourth-order valence-corrected chi connectivity index (χ4v) is 3.39. The summed E-state index contributed by atoms with van der Waals surface area (Å²) in [7, 11) is 2.25. The van der Waals surface area contributed by atoms with E-state index in [1.807, 2.05) is 0 Å². The molecule has 1 N–H and O–H groups in total. The summed E-state index contributed by atoms with van der Waals surface area (Å²) >= 11 is 0. The van der Waals surface area contributed by atoms with Crippen LogP contribution in [0.4, 0.5) is 0 Å². The van der Waals surface area contributed by atoms with E-state index in [0.29, 0.717) is 0 Å². The lowest BCUT2D eigenvalue weighted by molar-refractivity contribution is 0.267. The van der Waals surface area contributed by atoms with E-state index in [2.05, 4.69) is 31.1 Å². The minimum atomic E-state index is 0.753. The zero-order valence-corrected chi connectivity index (χ0v) is 11.2. The van der Waals surface area contributed by atoms with Crippen LogP contribution in [-0.4, -0.2) is 36.6 Å². The first-order valence-electron chi connectivity index (χ1n) is 7.15. The summed E-state index contributed by atoms with van der Waals surface area (Å²) in [6.07, 6.45) is 8.44. The highest BCUT2D eigenvalue weighted by Gasteiger charge is 2.29. The van der Waals surface area contributed by atoms with Crippen molar-refractivity contribution < 1.29 is 0 Å². The number of nitrogens with zero attached hydrogens (tertiary/aromatic N) is 1. The molecule has 2 fully saturated rings. The van der Waals surface area contributed by atoms with Crippen molar-refractivity contribution in [2.75, 3.05) is 13.6 Å². The van der Waals surface area contributed by atoms with Crippen LogP contribution >= 0.6 is 0 Å². The van der Waals surface area contributed by atoms with Crippen LogP contribution in [0, 0.1) is 5.92 Å². The highest BCUT2D eigenvalue weighted by atomic mass is 15.2. The van der Waals surface area contributed by atoms with Gasteiger partial charge in [0.2, 0.25) is 0 Å². The van der Waals surface area contributed by atoms with E-state index >= 15 is 0 Å². The molecule has 2 unspecified atom stereocenters. The molecule has 1 aliphatic heterocycles. The largest absolute Gasteiger partial charge is 0.310 e. The van der Waals surface area contributed by atoms with Crippen LogP contribution in [0.5, 0.6) is 0 Å². The van der Waals surface area contributed by atoms with E-state index in [9.17, 15) is 0 Å². The molecule has 0 aromatic rings. The van der Waals surface area contributed by atoms with Crippen molar-refractivity contribution in [3.8, 4) is 0 Å². The first-order valence-corrected chi connectivity index (χ1v) is 7.15. The number of hydrogen-bond acceptors (Lipinski definition) is 2. The first kappa shape index (κ1) is 12.4. The van der Waals surface area contributed by atoms with Gasteiger partial charge in [0.05, 0.1) is 0 Å². The Morgan fingerprint density at radius 1 is 1.12 bits per heavy atom. The summed E-state index contributed by atoms with van der Waals surface area (Å²) in [6, 6.07) is 2.33. The van der Waals surface area contributed by atoms with E-state index in [1.54, 1.807) is 0 Å². The average Bonchev–Trinajstić information content (AvgIpc) is 2.59. The predicted octanol–water partition coefficient (Wildman–Crippen LogP) is 2.64.